The monoisotopic (exact) mass is 438 g/mol. The molecule has 0 saturated carbocycles. The van der Waals surface area contributed by atoms with E-state index in [9.17, 15) is 14.2 Å². The van der Waals surface area contributed by atoms with Gasteiger partial charge in [-0.2, -0.15) is 0 Å². The largest absolute Gasteiger partial charge is 0.458 e. The lowest BCUT2D eigenvalue weighted by atomic mass is 9.86. The number of hydrogen-bond acceptors (Lipinski definition) is 8. The fourth-order valence-corrected chi connectivity index (χ4v) is 5.01. The summed E-state index contributed by atoms with van der Waals surface area (Å²) in [6.07, 6.45) is 0.165. The minimum atomic E-state index is -1.60. The number of aromatic nitrogens is 2. The number of rotatable bonds is 3. The van der Waals surface area contributed by atoms with E-state index in [1.54, 1.807) is 17.6 Å². The number of carbonyl (C=O) groups is 1. The molecule has 3 aliphatic rings. The molecule has 0 radical (unpaired) electrons. The summed E-state index contributed by atoms with van der Waals surface area (Å²) < 4.78 is 34.4. The smallest absolute Gasteiger partial charge is 0.344 e. The molecule has 3 aliphatic heterocycles. The molecule has 0 spiro atoms. The number of ether oxygens (including phenoxy) is 3. The molecule has 3 aromatic rings. The lowest BCUT2D eigenvalue weighted by molar-refractivity contribution is -0.167. The van der Waals surface area contributed by atoms with Gasteiger partial charge in [-0.3, -0.25) is 9.32 Å². The summed E-state index contributed by atoms with van der Waals surface area (Å²) >= 11 is 0. The number of cyclic esters (lactones) is 1. The number of pyridine rings is 2. The van der Waals surface area contributed by atoms with Gasteiger partial charge in [0.15, 0.2) is 11.5 Å². The van der Waals surface area contributed by atoms with Crippen molar-refractivity contribution in [2.24, 2.45) is 0 Å². The van der Waals surface area contributed by atoms with Crippen LogP contribution in [-0.2, 0) is 37.4 Å². The third kappa shape index (κ3) is 2.38. The maximum atomic E-state index is 13.3. The van der Waals surface area contributed by atoms with Crippen LogP contribution in [0.5, 0.6) is 11.5 Å². The third-order valence-corrected chi connectivity index (χ3v) is 6.55. The van der Waals surface area contributed by atoms with Gasteiger partial charge in [0, 0.05) is 22.6 Å². The Balaban J connectivity index is 1.60. The Kier molecular flexibility index (Phi) is 3.79. The Morgan fingerprint density at radius 2 is 1.97 bits per heavy atom. The molecule has 10 heteroatoms. The first-order chi connectivity index (χ1) is 15.1. The van der Waals surface area contributed by atoms with Crippen molar-refractivity contribution in [1.82, 2.24) is 9.55 Å². The first-order valence-corrected chi connectivity index (χ1v) is 10.5. The van der Waals surface area contributed by atoms with Crippen molar-refractivity contribution in [3.63, 3.8) is 0 Å². The van der Waals surface area contributed by atoms with Crippen LogP contribution < -0.4 is 15.0 Å². The van der Waals surface area contributed by atoms with Crippen molar-refractivity contribution in [1.29, 1.82) is 0 Å². The summed E-state index contributed by atoms with van der Waals surface area (Å²) in [5.41, 5.74) is 1.64. The van der Waals surface area contributed by atoms with E-state index in [2.05, 4.69) is 0 Å². The molecule has 0 N–H and O–H groups in total. The van der Waals surface area contributed by atoms with E-state index < -0.39 is 20.3 Å². The summed E-state index contributed by atoms with van der Waals surface area (Å²) in [7, 11) is -0.670. The van der Waals surface area contributed by atoms with Gasteiger partial charge in [-0.05, 0) is 24.6 Å². The van der Waals surface area contributed by atoms with E-state index in [4.69, 9.17) is 23.7 Å². The maximum Gasteiger partial charge on any atom is 0.344 e. The minimum Gasteiger partial charge on any atom is -0.458 e. The van der Waals surface area contributed by atoms with Crippen LogP contribution in [0.2, 0.25) is 0 Å². The number of carbonyl (C=O) groups excluding carboxylic acids is 1. The summed E-state index contributed by atoms with van der Waals surface area (Å²) in [6, 6.07) is 7.40. The zero-order valence-electron chi connectivity index (χ0n) is 16.3. The average molecular weight is 438 g/mol. The van der Waals surface area contributed by atoms with Gasteiger partial charge < -0.3 is 18.8 Å². The number of benzene rings is 1. The molecule has 0 aliphatic carbocycles. The van der Waals surface area contributed by atoms with Crippen LogP contribution >= 0.6 is 8.69 Å². The zero-order valence-corrected chi connectivity index (χ0v) is 17.2. The number of nitrogens with zero attached hydrogens (tertiary/aromatic N) is 2. The molecule has 0 amide bonds. The highest BCUT2D eigenvalue weighted by molar-refractivity contribution is 7.17. The van der Waals surface area contributed by atoms with Gasteiger partial charge in [-0.15, -0.1) is 0 Å². The second-order valence-electron chi connectivity index (χ2n) is 7.63. The van der Waals surface area contributed by atoms with Gasteiger partial charge in [0.25, 0.3) is 5.56 Å². The molecule has 156 valence electrons. The quantitative estimate of drug-likeness (QED) is 0.355. The minimum absolute atomic E-state index is 0.152. The topological polar surface area (TPSA) is 106 Å². The zero-order chi connectivity index (χ0) is 21.3. The standard InChI is InChI=1S/C21H15N2O7P/c1-2-21(30-31-26)13-5-15-18-11(7-23(15)19(24)12(13)8-27-20(21)25)3-10-4-16-17(29-9-28-16)6-14(10)22-18/h3-6H,2,7-9H2,1H3/t21-/m0/s1. The van der Waals surface area contributed by atoms with Gasteiger partial charge in [0.05, 0.1) is 29.0 Å². The Morgan fingerprint density at radius 1 is 1.16 bits per heavy atom. The predicted octanol–water partition coefficient (Wildman–Crippen LogP) is 3.04. The van der Waals surface area contributed by atoms with Crippen molar-refractivity contribution in [2.45, 2.75) is 32.1 Å². The van der Waals surface area contributed by atoms with Gasteiger partial charge in [-0.25, -0.2) is 14.3 Å². The molecule has 0 bridgehead atoms. The van der Waals surface area contributed by atoms with Crippen molar-refractivity contribution < 1.29 is 28.1 Å². The maximum absolute atomic E-state index is 13.3. The Morgan fingerprint density at radius 3 is 2.74 bits per heavy atom. The first kappa shape index (κ1) is 18.5. The van der Waals surface area contributed by atoms with E-state index in [0.29, 0.717) is 46.1 Å². The average Bonchev–Trinajstić information content (AvgIpc) is 3.37. The highest BCUT2D eigenvalue weighted by Gasteiger charge is 2.48. The van der Waals surface area contributed by atoms with E-state index in [-0.39, 0.29) is 25.4 Å². The highest BCUT2D eigenvalue weighted by atomic mass is 31.1. The molecule has 1 atom stereocenters. The molecule has 2 aromatic heterocycles. The Bertz CT molecular complexity index is 1380. The van der Waals surface area contributed by atoms with Crippen molar-refractivity contribution in [3.05, 3.63) is 51.3 Å². The van der Waals surface area contributed by atoms with Crippen LogP contribution in [0.15, 0.2) is 29.1 Å². The van der Waals surface area contributed by atoms with Gasteiger partial charge >= 0.3 is 14.7 Å². The fourth-order valence-electron chi connectivity index (χ4n) is 4.58. The van der Waals surface area contributed by atoms with Gasteiger partial charge in [-0.1, -0.05) is 6.92 Å². The van der Waals surface area contributed by atoms with Gasteiger partial charge in [0.2, 0.25) is 12.4 Å². The van der Waals surface area contributed by atoms with Crippen molar-refractivity contribution in [3.8, 4) is 22.9 Å². The summed E-state index contributed by atoms with van der Waals surface area (Å²) in [4.78, 5) is 30.7. The third-order valence-electron chi connectivity index (χ3n) is 6.16. The highest BCUT2D eigenvalue weighted by Crippen LogP contribution is 2.43. The lowest BCUT2D eigenvalue weighted by Gasteiger charge is -2.33. The van der Waals surface area contributed by atoms with Crippen molar-refractivity contribution in [2.75, 3.05) is 6.79 Å². The Labute approximate surface area is 176 Å². The predicted molar refractivity (Wildman–Crippen MR) is 107 cm³/mol. The molecule has 0 fully saturated rings. The Hall–Kier alpha value is -3.29. The summed E-state index contributed by atoms with van der Waals surface area (Å²) in [5.74, 6) is 0.624. The normalized spacial score (nSPS) is 20.5. The second-order valence-corrected chi connectivity index (χ2v) is 7.96. The fraction of sp³-hybridized carbons (Fsp3) is 0.286. The van der Waals surface area contributed by atoms with Gasteiger partial charge in [0.1, 0.15) is 6.61 Å². The van der Waals surface area contributed by atoms with E-state index in [0.717, 1.165) is 10.9 Å². The number of hydrogen-bond donors (Lipinski definition) is 0. The van der Waals surface area contributed by atoms with E-state index in [1.807, 2.05) is 18.2 Å². The van der Waals surface area contributed by atoms with Crippen LogP contribution in [0.4, 0.5) is 0 Å². The SMILES string of the molecule is CC[C@@]1(OP=O)C(=O)OCc2c1cc1n(c2=O)Cc2cc3cc4c(cc3nc2-1)OCO4. The van der Waals surface area contributed by atoms with E-state index in [1.165, 1.54) is 0 Å². The molecule has 6 rings (SSSR count). The van der Waals surface area contributed by atoms with Crippen LogP contribution in [-0.4, -0.2) is 22.3 Å². The number of fused-ring (bicyclic) bond motifs is 6. The second kappa shape index (κ2) is 6.35. The molecular weight excluding hydrogens is 423 g/mol. The van der Waals surface area contributed by atoms with Crippen LogP contribution in [0, 0.1) is 0 Å². The van der Waals surface area contributed by atoms with Crippen LogP contribution in [0.25, 0.3) is 22.3 Å². The first-order valence-electron chi connectivity index (χ1n) is 9.74. The molecule has 1 aromatic carbocycles. The molecule has 5 heterocycles. The van der Waals surface area contributed by atoms with Crippen LogP contribution in [0.3, 0.4) is 0 Å². The molecule has 0 saturated heterocycles. The number of esters is 1. The molecule has 9 nitrogen and oxygen atoms in total. The molecular formula is C21H15N2O7P. The van der Waals surface area contributed by atoms with Crippen molar-refractivity contribution >= 4 is 25.6 Å². The molecule has 0 unspecified atom stereocenters. The summed E-state index contributed by atoms with van der Waals surface area (Å²) in [5, 5.41) is 0.878. The summed E-state index contributed by atoms with van der Waals surface area (Å²) in [6.45, 7) is 2.09. The molecule has 31 heavy (non-hydrogen) atoms. The van der Waals surface area contributed by atoms with Crippen LogP contribution in [0.1, 0.15) is 30.0 Å². The lowest BCUT2D eigenvalue weighted by Crippen LogP contribution is -2.45. The van der Waals surface area contributed by atoms with E-state index >= 15 is 0 Å².